The Balaban J connectivity index is 0.00000196. The topological polar surface area (TPSA) is 49.4 Å². The quantitative estimate of drug-likeness (QED) is 0.414. The summed E-state index contributed by atoms with van der Waals surface area (Å²) in [5, 5.41) is 10.3. The molecular weight excluding hydrogens is 224 g/mol. The molecule has 76 valence electrons. The molecule has 0 saturated carbocycles. The summed E-state index contributed by atoms with van der Waals surface area (Å²) in [5.74, 6) is -7.60. The van der Waals surface area contributed by atoms with Gasteiger partial charge < -0.3 is 14.6 Å². The number of benzene rings is 1. The van der Waals surface area contributed by atoms with Crippen LogP contribution in [0.15, 0.2) is 6.07 Å². The molecule has 0 aliphatic rings. The van der Waals surface area contributed by atoms with E-state index < -0.39 is 34.7 Å². The zero-order chi connectivity index (χ0) is 10.9. The van der Waals surface area contributed by atoms with Gasteiger partial charge in [0.15, 0.2) is 17.4 Å². The van der Waals surface area contributed by atoms with Crippen LogP contribution in [-0.4, -0.2) is 13.1 Å². The van der Waals surface area contributed by atoms with Crippen molar-refractivity contribution in [3.63, 3.8) is 0 Å². The van der Waals surface area contributed by atoms with Crippen LogP contribution in [0, 0.1) is 17.5 Å². The molecule has 1 aromatic rings. The monoisotopic (exact) mass is 228 g/mol. The van der Waals surface area contributed by atoms with Crippen molar-refractivity contribution in [2.24, 2.45) is 0 Å². The Morgan fingerprint density at radius 1 is 1.33 bits per heavy atom. The predicted octanol–water partition coefficient (Wildman–Crippen LogP) is -2.52. The summed E-state index contributed by atoms with van der Waals surface area (Å²) >= 11 is 0. The molecule has 0 aliphatic heterocycles. The number of aromatic carboxylic acids is 1. The fraction of sp³-hybridized carbons (Fsp3) is 0.125. The number of hydrogen-bond acceptors (Lipinski definition) is 3. The van der Waals surface area contributed by atoms with Crippen molar-refractivity contribution in [1.82, 2.24) is 0 Å². The van der Waals surface area contributed by atoms with E-state index in [0.717, 1.165) is 7.11 Å². The zero-order valence-corrected chi connectivity index (χ0v) is 9.94. The van der Waals surface area contributed by atoms with E-state index in [2.05, 4.69) is 4.74 Å². The number of hydrogen-bond donors (Lipinski definition) is 0. The molecule has 0 spiro atoms. The van der Waals surface area contributed by atoms with Gasteiger partial charge in [0.2, 0.25) is 5.82 Å². The van der Waals surface area contributed by atoms with Gasteiger partial charge in [0.1, 0.15) is 0 Å². The summed E-state index contributed by atoms with van der Waals surface area (Å²) in [5.41, 5.74) is -1.08. The van der Waals surface area contributed by atoms with Crippen LogP contribution in [0.25, 0.3) is 0 Å². The number of carbonyl (C=O) groups excluding carboxylic acids is 1. The summed E-state index contributed by atoms with van der Waals surface area (Å²) in [7, 11) is 0.889. The fourth-order valence-corrected chi connectivity index (χ4v) is 0.908. The summed E-state index contributed by atoms with van der Waals surface area (Å²) in [6, 6.07) is 0.197. The van der Waals surface area contributed by atoms with Crippen molar-refractivity contribution in [3.05, 3.63) is 29.1 Å². The largest absolute Gasteiger partial charge is 1.00 e. The first kappa shape index (κ1) is 14.3. The molecular formula is C8H4F3NaO3. The Morgan fingerprint density at radius 3 is 2.27 bits per heavy atom. The molecule has 0 atom stereocenters. The van der Waals surface area contributed by atoms with Crippen LogP contribution in [0.5, 0.6) is 5.75 Å². The van der Waals surface area contributed by atoms with Crippen molar-refractivity contribution in [2.45, 2.75) is 0 Å². The van der Waals surface area contributed by atoms with Gasteiger partial charge in [0, 0.05) is 5.56 Å². The predicted molar refractivity (Wildman–Crippen MR) is 37.2 cm³/mol. The Morgan fingerprint density at radius 2 is 1.87 bits per heavy atom. The van der Waals surface area contributed by atoms with Gasteiger partial charge in [-0.1, -0.05) is 0 Å². The number of carboxylic acids is 1. The number of carboxylic acid groups (broad SMARTS) is 1. The number of ether oxygens (including phenoxy) is 1. The molecule has 1 rings (SSSR count). The van der Waals surface area contributed by atoms with Gasteiger partial charge in [-0.05, 0) is 6.07 Å². The van der Waals surface area contributed by atoms with Gasteiger partial charge in [0.25, 0.3) is 0 Å². The van der Waals surface area contributed by atoms with Gasteiger partial charge in [-0.15, -0.1) is 0 Å². The second-order valence-electron chi connectivity index (χ2n) is 2.35. The third kappa shape index (κ3) is 2.64. The van der Waals surface area contributed by atoms with Crippen molar-refractivity contribution in [1.29, 1.82) is 0 Å². The van der Waals surface area contributed by atoms with Crippen molar-refractivity contribution >= 4 is 5.97 Å². The van der Waals surface area contributed by atoms with Gasteiger partial charge >= 0.3 is 29.6 Å². The average Bonchev–Trinajstić information content (AvgIpc) is 2.12. The summed E-state index contributed by atoms with van der Waals surface area (Å²) in [6.07, 6.45) is 0. The first-order valence-electron chi connectivity index (χ1n) is 3.41. The van der Waals surface area contributed by atoms with Crippen LogP contribution in [0.1, 0.15) is 10.4 Å². The van der Waals surface area contributed by atoms with E-state index in [1.54, 1.807) is 0 Å². The SMILES string of the molecule is COc1c(F)c(F)cc(C(=O)[O-])c1F.[Na+]. The Kier molecular flexibility index (Phi) is 5.13. The van der Waals surface area contributed by atoms with E-state index in [1.807, 2.05) is 0 Å². The zero-order valence-electron chi connectivity index (χ0n) is 7.94. The van der Waals surface area contributed by atoms with Crippen LogP contribution in [0.2, 0.25) is 0 Å². The third-order valence-electron chi connectivity index (χ3n) is 1.54. The van der Waals surface area contributed by atoms with E-state index in [1.165, 1.54) is 0 Å². The third-order valence-corrected chi connectivity index (χ3v) is 1.54. The van der Waals surface area contributed by atoms with E-state index in [9.17, 15) is 23.1 Å². The molecule has 0 bridgehead atoms. The van der Waals surface area contributed by atoms with Crippen LogP contribution in [-0.2, 0) is 0 Å². The summed E-state index contributed by atoms with van der Waals surface area (Å²) in [6.45, 7) is 0. The second kappa shape index (κ2) is 5.39. The first-order chi connectivity index (χ1) is 6.49. The van der Waals surface area contributed by atoms with Gasteiger partial charge in [-0.25, -0.2) is 8.78 Å². The number of halogens is 3. The van der Waals surface area contributed by atoms with E-state index in [0.29, 0.717) is 0 Å². The van der Waals surface area contributed by atoms with E-state index in [-0.39, 0.29) is 35.6 Å². The normalized spacial score (nSPS) is 9.33. The molecule has 0 unspecified atom stereocenters. The first-order valence-corrected chi connectivity index (χ1v) is 3.41. The molecule has 0 amide bonds. The van der Waals surface area contributed by atoms with Crippen LogP contribution in [0.4, 0.5) is 13.2 Å². The van der Waals surface area contributed by atoms with Crippen LogP contribution < -0.4 is 39.4 Å². The molecule has 0 heterocycles. The summed E-state index contributed by atoms with van der Waals surface area (Å²) in [4.78, 5) is 10.3. The Hall–Kier alpha value is -0.720. The molecule has 1 aromatic carbocycles. The standard InChI is InChI=1S/C8H5F3O3.Na/c1-14-7-5(10)3(8(12)13)2-4(9)6(7)11;/h2H,1H3,(H,12,13);/q;+1/p-1. The summed E-state index contributed by atoms with van der Waals surface area (Å²) < 4.78 is 42.6. The van der Waals surface area contributed by atoms with Crippen molar-refractivity contribution in [3.8, 4) is 5.75 Å². The maximum absolute atomic E-state index is 13.0. The Labute approximate surface area is 105 Å². The molecule has 7 heteroatoms. The maximum atomic E-state index is 13.0. The molecule has 15 heavy (non-hydrogen) atoms. The van der Waals surface area contributed by atoms with Crippen LogP contribution in [0.3, 0.4) is 0 Å². The van der Waals surface area contributed by atoms with Gasteiger partial charge in [-0.2, -0.15) is 4.39 Å². The molecule has 0 radical (unpaired) electrons. The fourth-order valence-electron chi connectivity index (χ4n) is 0.908. The number of carbonyl (C=O) groups is 1. The molecule has 0 aromatic heterocycles. The number of rotatable bonds is 2. The molecule has 0 saturated heterocycles. The van der Waals surface area contributed by atoms with Crippen LogP contribution >= 0.6 is 0 Å². The van der Waals surface area contributed by atoms with Gasteiger partial charge in [-0.3, -0.25) is 0 Å². The van der Waals surface area contributed by atoms with Gasteiger partial charge in [0.05, 0.1) is 13.1 Å². The van der Waals surface area contributed by atoms with Crippen molar-refractivity contribution < 1.29 is 57.4 Å². The minimum Gasteiger partial charge on any atom is -0.545 e. The van der Waals surface area contributed by atoms with E-state index in [4.69, 9.17) is 0 Å². The second-order valence-corrected chi connectivity index (χ2v) is 2.35. The molecule has 0 fully saturated rings. The number of methoxy groups -OCH3 is 1. The Bertz CT molecular complexity index is 395. The molecule has 0 N–H and O–H groups in total. The minimum atomic E-state index is -1.94. The molecule has 0 aliphatic carbocycles. The minimum absolute atomic E-state index is 0. The van der Waals surface area contributed by atoms with Crippen molar-refractivity contribution in [2.75, 3.05) is 7.11 Å². The molecule has 3 nitrogen and oxygen atoms in total. The van der Waals surface area contributed by atoms with E-state index >= 15 is 0 Å². The average molecular weight is 228 g/mol. The maximum Gasteiger partial charge on any atom is 1.00 e. The smallest absolute Gasteiger partial charge is 0.545 e.